The van der Waals surface area contributed by atoms with Gasteiger partial charge in [-0.2, -0.15) is 0 Å². The van der Waals surface area contributed by atoms with Gasteiger partial charge in [0.1, 0.15) is 6.29 Å². The van der Waals surface area contributed by atoms with Crippen molar-refractivity contribution < 1.29 is 4.79 Å². The molecule has 0 aliphatic carbocycles. The topological polar surface area (TPSA) is 32.3 Å². The summed E-state index contributed by atoms with van der Waals surface area (Å²) >= 11 is 0. The molecule has 0 atom stereocenters. The number of piperazine rings is 1. The quantitative estimate of drug-likeness (QED) is 0.743. The maximum absolute atomic E-state index is 10.5. The summed E-state index contributed by atoms with van der Waals surface area (Å²) in [6, 6.07) is 7.83. The van der Waals surface area contributed by atoms with E-state index in [1.54, 1.807) is 0 Å². The van der Waals surface area contributed by atoms with E-state index in [1.807, 2.05) is 24.3 Å². The molecular formula is C12H16N2O. The molecule has 80 valence electrons. The summed E-state index contributed by atoms with van der Waals surface area (Å²) in [4.78, 5) is 12.9. The van der Waals surface area contributed by atoms with Gasteiger partial charge >= 0.3 is 0 Å². The first-order valence-electron chi connectivity index (χ1n) is 5.36. The zero-order valence-corrected chi connectivity index (χ0v) is 8.78. The molecule has 1 aliphatic heterocycles. The van der Waals surface area contributed by atoms with Crippen molar-refractivity contribution in [2.75, 3.05) is 26.2 Å². The smallest absolute Gasteiger partial charge is 0.150 e. The van der Waals surface area contributed by atoms with Crippen LogP contribution < -0.4 is 5.32 Å². The number of nitrogens with zero attached hydrogens (tertiary/aromatic N) is 1. The van der Waals surface area contributed by atoms with Crippen LogP contribution in [-0.2, 0) is 6.54 Å². The van der Waals surface area contributed by atoms with Gasteiger partial charge in [0.15, 0.2) is 0 Å². The minimum atomic E-state index is 0.749. The van der Waals surface area contributed by atoms with Gasteiger partial charge in [0, 0.05) is 38.3 Å². The predicted octanol–water partition coefficient (Wildman–Crippen LogP) is 0.904. The first kappa shape index (κ1) is 10.3. The molecule has 1 saturated heterocycles. The highest BCUT2D eigenvalue weighted by molar-refractivity contribution is 5.74. The Hall–Kier alpha value is -1.19. The van der Waals surface area contributed by atoms with Crippen molar-refractivity contribution in [1.29, 1.82) is 0 Å². The van der Waals surface area contributed by atoms with Crippen LogP contribution in [0.3, 0.4) is 0 Å². The van der Waals surface area contributed by atoms with Crippen LogP contribution in [-0.4, -0.2) is 37.4 Å². The first-order valence-corrected chi connectivity index (χ1v) is 5.36. The third-order valence-electron chi connectivity index (χ3n) is 2.73. The van der Waals surface area contributed by atoms with Crippen LogP contribution in [0, 0.1) is 0 Å². The Morgan fingerprint density at radius 3 is 2.47 bits per heavy atom. The Morgan fingerprint density at radius 1 is 1.20 bits per heavy atom. The molecule has 1 fully saturated rings. The van der Waals surface area contributed by atoms with Crippen molar-refractivity contribution in [3.63, 3.8) is 0 Å². The minimum Gasteiger partial charge on any atom is -0.314 e. The molecule has 1 N–H and O–H groups in total. The van der Waals surface area contributed by atoms with E-state index in [9.17, 15) is 4.79 Å². The summed E-state index contributed by atoms with van der Waals surface area (Å²) in [6.07, 6.45) is 0.884. The van der Waals surface area contributed by atoms with Crippen molar-refractivity contribution in [3.05, 3.63) is 35.4 Å². The lowest BCUT2D eigenvalue weighted by atomic mass is 10.1. The predicted molar refractivity (Wildman–Crippen MR) is 60.0 cm³/mol. The summed E-state index contributed by atoms with van der Waals surface area (Å²) in [5, 5.41) is 3.33. The number of carbonyl (C=O) groups excluding carboxylic acids is 1. The standard InChI is InChI=1S/C12H16N2O/c15-10-12-3-1-11(2-4-12)9-14-7-5-13-6-8-14/h1-4,10,13H,5-9H2. The maximum Gasteiger partial charge on any atom is 0.150 e. The van der Waals surface area contributed by atoms with Crippen molar-refractivity contribution >= 4 is 6.29 Å². The summed E-state index contributed by atoms with van der Waals surface area (Å²) < 4.78 is 0. The van der Waals surface area contributed by atoms with Crippen LogP contribution in [0.2, 0.25) is 0 Å². The number of benzene rings is 1. The molecule has 3 heteroatoms. The molecule has 0 unspecified atom stereocenters. The molecule has 1 aliphatic rings. The Bertz CT molecular complexity index is 315. The largest absolute Gasteiger partial charge is 0.314 e. The zero-order valence-electron chi connectivity index (χ0n) is 8.78. The highest BCUT2D eigenvalue weighted by Crippen LogP contribution is 2.06. The molecule has 2 rings (SSSR count). The van der Waals surface area contributed by atoms with E-state index in [-0.39, 0.29) is 0 Å². The van der Waals surface area contributed by atoms with Gasteiger partial charge in [0.2, 0.25) is 0 Å². The van der Waals surface area contributed by atoms with Crippen LogP contribution >= 0.6 is 0 Å². The molecule has 15 heavy (non-hydrogen) atoms. The first-order chi connectivity index (χ1) is 7.38. The Kier molecular flexibility index (Phi) is 3.48. The van der Waals surface area contributed by atoms with Crippen molar-refractivity contribution in [2.24, 2.45) is 0 Å². The monoisotopic (exact) mass is 204 g/mol. The van der Waals surface area contributed by atoms with Gasteiger partial charge in [-0.25, -0.2) is 0 Å². The third-order valence-corrected chi connectivity index (χ3v) is 2.73. The van der Waals surface area contributed by atoms with E-state index in [0.717, 1.165) is 44.6 Å². The van der Waals surface area contributed by atoms with Gasteiger partial charge in [0.05, 0.1) is 0 Å². The van der Waals surface area contributed by atoms with Crippen LogP contribution in [0.5, 0.6) is 0 Å². The molecule has 1 heterocycles. The van der Waals surface area contributed by atoms with Gasteiger partial charge in [-0.1, -0.05) is 24.3 Å². The summed E-state index contributed by atoms with van der Waals surface area (Å²) in [5.74, 6) is 0. The fraction of sp³-hybridized carbons (Fsp3) is 0.417. The van der Waals surface area contributed by atoms with Crippen LogP contribution in [0.15, 0.2) is 24.3 Å². The number of rotatable bonds is 3. The fourth-order valence-electron chi connectivity index (χ4n) is 1.83. The number of hydrogen-bond acceptors (Lipinski definition) is 3. The molecule has 0 spiro atoms. The van der Waals surface area contributed by atoms with E-state index in [1.165, 1.54) is 5.56 Å². The Balaban J connectivity index is 1.94. The second-order valence-electron chi connectivity index (χ2n) is 3.89. The molecule has 0 bridgehead atoms. The zero-order chi connectivity index (χ0) is 10.5. The van der Waals surface area contributed by atoms with Crippen molar-refractivity contribution in [2.45, 2.75) is 6.54 Å². The van der Waals surface area contributed by atoms with Gasteiger partial charge in [-0.15, -0.1) is 0 Å². The molecule has 0 aromatic heterocycles. The lowest BCUT2D eigenvalue weighted by Gasteiger charge is -2.27. The highest BCUT2D eigenvalue weighted by atomic mass is 16.1. The van der Waals surface area contributed by atoms with E-state index in [4.69, 9.17) is 0 Å². The molecule has 3 nitrogen and oxygen atoms in total. The number of hydrogen-bond donors (Lipinski definition) is 1. The Labute approximate surface area is 90.1 Å². The molecular weight excluding hydrogens is 188 g/mol. The molecule has 1 aromatic carbocycles. The number of aldehydes is 1. The van der Waals surface area contributed by atoms with E-state index >= 15 is 0 Å². The van der Waals surface area contributed by atoms with Gasteiger partial charge in [-0.3, -0.25) is 9.69 Å². The van der Waals surface area contributed by atoms with Crippen LogP contribution in [0.25, 0.3) is 0 Å². The van der Waals surface area contributed by atoms with Crippen molar-refractivity contribution in [3.8, 4) is 0 Å². The molecule has 1 aromatic rings. The highest BCUT2D eigenvalue weighted by Gasteiger charge is 2.09. The lowest BCUT2D eigenvalue weighted by Crippen LogP contribution is -2.42. The van der Waals surface area contributed by atoms with E-state index in [0.29, 0.717) is 0 Å². The summed E-state index contributed by atoms with van der Waals surface area (Å²) in [7, 11) is 0. The van der Waals surface area contributed by atoms with Gasteiger partial charge < -0.3 is 5.32 Å². The third kappa shape index (κ3) is 2.88. The number of nitrogens with one attached hydrogen (secondary N) is 1. The molecule has 0 radical (unpaired) electrons. The summed E-state index contributed by atoms with van der Waals surface area (Å²) in [6.45, 7) is 5.35. The Morgan fingerprint density at radius 2 is 1.87 bits per heavy atom. The maximum atomic E-state index is 10.5. The van der Waals surface area contributed by atoms with Crippen molar-refractivity contribution in [1.82, 2.24) is 10.2 Å². The SMILES string of the molecule is O=Cc1ccc(CN2CCNCC2)cc1. The second kappa shape index (κ2) is 5.05. The average Bonchev–Trinajstić information content (AvgIpc) is 2.31. The van der Waals surface area contributed by atoms with Gasteiger partial charge in [0.25, 0.3) is 0 Å². The average molecular weight is 204 g/mol. The van der Waals surface area contributed by atoms with Crippen LogP contribution in [0.1, 0.15) is 15.9 Å². The second-order valence-corrected chi connectivity index (χ2v) is 3.89. The molecule has 0 saturated carbocycles. The van der Waals surface area contributed by atoms with Gasteiger partial charge in [-0.05, 0) is 5.56 Å². The van der Waals surface area contributed by atoms with E-state index in [2.05, 4.69) is 10.2 Å². The van der Waals surface area contributed by atoms with Crippen LogP contribution in [0.4, 0.5) is 0 Å². The van der Waals surface area contributed by atoms with E-state index < -0.39 is 0 Å². The normalized spacial score (nSPS) is 17.6. The lowest BCUT2D eigenvalue weighted by molar-refractivity contribution is 0.112. The fourth-order valence-corrected chi connectivity index (χ4v) is 1.83. The minimum absolute atomic E-state index is 0.749. The molecule has 0 amide bonds. The summed E-state index contributed by atoms with van der Waals surface area (Å²) in [5.41, 5.74) is 2.03. The number of carbonyl (C=O) groups is 1.